The maximum Gasteiger partial charge on any atom is 0.188 e. The number of hydrogen-bond donors (Lipinski definition) is 2. The van der Waals surface area contributed by atoms with Gasteiger partial charge in [-0.05, 0) is 32.0 Å². The minimum Gasteiger partial charge on any atom is -0.370 e. The third-order valence-electron chi connectivity index (χ3n) is 4.10. The molecule has 0 radical (unpaired) electrons. The first kappa shape index (κ1) is 15.8. The molecule has 0 saturated heterocycles. The summed E-state index contributed by atoms with van der Waals surface area (Å²) in [7, 11) is 2.19. The van der Waals surface area contributed by atoms with Crippen molar-refractivity contribution >= 4 is 5.96 Å². The third kappa shape index (κ3) is 5.71. The van der Waals surface area contributed by atoms with Crippen LogP contribution in [0.5, 0.6) is 0 Å². The summed E-state index contributed by atoms with van der Waals surface area (Å²) in [6.45, 7) is 2.51. The molecule has 0 unspecified atom stereocenters. The van der Waals surface area contributed by atoms with E-state index in [-0.39, 0.29) is 0 Å². The molecule has 1 aliphatic carbocycles. The highest BCUT2D eigenvalue weighted by atomic mass is 15.2. The smallest absolute Gasteiger partial charge is 0.188 e. The zero-order valence-corrected chi connectivity index (χ0v) is 13.0. The average Bonchev–Trinajstić information content (AvgIpc) is 3.02. The Labute approximate surface area is 127 Å². The summed E-state index contributed by atoms with van der Waals surface area (Å²) in [6, 6.07) is 6.69. The van der Waals surface area contributed by atoms with Crippen LogP contribution in [0.15, 0.2) is 29.4 Å². The first-order chi connectivity index (χ1) is 10.3. The summed E-state index contributed by atoms with van der Waals surface area (Å²) in [5.74, 6) is 0.533. The molecule has 1 fully saturated rings. The normalized spacial score (nSPS) is 16.6. The highest BCUT2D eigenvalue weighted by Gasteiger charge is 2.18. The molecule has 1 aromatic heterocycles. The number of pyridine rings is 1. The van der Waals surface area contributed by atoms with Crippen molar-refractivity contribution in [3.63, 3.8) is 0 Å². The largest absolute Gasteiger partial charge is 0.370 e. The minimum absolute atomic E-state index is 0.533. The SMILES string of the molecule is CN(CCN=C(N)NCCc1ccccn1)C1CCCC1. The Morgan fingerprint density at radius 3 is 2.95 bits per heavy atom. The van der Waals surface area contributed by atoms with Gasteiger partial charge >= 0.3 is 0 Å². The van der Waals surface area contributed by atoms with Crippen molar-refractivity contribution in [1.82, 2.24) is 15.2 Å². The van der Waals surface area contributed by atoms with Crippen LogP contribution in [-0.4, -0.2) is 48.6 Å². The van der Waals surface area contributed by atoms with Crippen LogP contribution in [-0.2, 0) is 6.42 Å². The van der Waals surface area contributed by atoms with Crippen LogP contribution < -0.4 is 11.1 Å². The van der Waals surface area contributed by atoms with E-state index in [2.05, 4.69) is 27.2 Å². The van der Waals surface area contributed by atoms with E-state index in [1.807, 2.05) is 24.4 Å². The first-order valence-corrected chi connectivity index (χ1v) is 7.89. The van der Waals surface area contributed by atoms with Crippen molar-refractivity contribution in [2.24, 2.45) is 10.7 Å². The lowest BCUT2D eigenvalue weighted by molar-refractivity contribution is 0.252. The second kappa shape index (κ2) is 8.62. The summed E-state index contributed by atoms with van der Waals surface area (Å²) in [5.41, 5.74) is 6.95. The predicted molar refractivity (Wildman–Crippen MR) is 87.3 cm³/mol. The van der Waals surface area contributed by atoms with E-state index >= 15 is 0 Å². The fourth-order valence-electron chi connectivity index (χ4n) is 2.78. The van der Waals surface area contributed by atoms with Crippen LogP contribution in [0.1, 0.15) is 31.4 Å². The molecule has 1 heterocycles. The van der Waals surface area contributed by atoms with Gasteiger partial charge in [0.15, 0.2) is 5.96 Å². The number of nitrogens with one attached hydrogen (secondary N) is 1. The molecule has 3 N–H and O–H groups in total. The van der Waals surface area contributed by atoms with E-state index < -0.39 is 0 Å². The van der Waals surface area contributed by atoms with Gasteiger partial charge in [0, 0.05) is 37.4 Å². The summed E-state index contributed by atoms with van der Waals surface area (Å²) < 4.78 is 0. The lowest BCUT2D eigenvalue weighted by Crippen LogP contribution is -2.35. The average molecular weight is 289 g/mol. The molecule has 1 aliphatic rings. The van der Waals surface area contributed by atoms with Crippen LogP contribution in [0.4, 0.5) is 0 Å². The van der Waals surface area contributed by atoms with Crippen LogP contribution in [0.2, 0.25) is 0 Å². The first-order valence-electron chi connectivity index (χ1n) is 7.89. The van der Waals surface area contributed by atoms with Crippen LogP contribution in [0.25, 0.3) is 0 Å². The van der Waals surface area contributed by atoms with E-state index in [1.165, 1.54) is 25.7 Å². The Hall–Kier alpha value is -1.62. The molecule has 0 aromatic carbocycles. The van der Waals surface area contributed by atoms with E-state index in [0.717, 1.165) is 37.8 Å². The Kier molecular flexibility index (Phi) is 6.47. The van der Waals surface area contributed by atoms with Crippen molar-refractivity contribution in [1.29, 1.82) is 0 Å². The van der Waals surface area contributed by atoms with Gasteiger partial charge in [0.25, 0.3) is 0 Å². The van der Waals surface area contributed by atoms with Crippen LogP contribution in [0.3, 0.4) is 0 Å². The summed E-state index contributed by atoms with van der Waals surface area (Å²) in [6.07, 6.45) is 8.08. The molecule has 5 nitrogen and oxygen atoms in total. The van der Waals surface area contributed by atoms with Gasteiger partial charge in [0.2, 0.25) is 0 Å². The zero-order valence-electron chi connectivity index (χ0n) is 13.0. The fraction of sp³-hybridized carbons (Fsp3) is 0.625. The minimum atomic E-state index is 0.533. The van der Waals surface area contributed by atoms with Crippen molar-refractivity contribution in [3.05, 3.63) is 30.1 Å². The highest BCUT2D eigenvalue weighted by Crippen LogP contribution is 2.21. The van der Waals surface area contributed by atoms with E-state index in [0.29, 0.717) is 5.96 Å². The molecule has 0 bridgehead atoms. The number of likely N-dealkylation sites (N-methyl/N-ethyl adjacent to an activating group) is 1. The van der Waals surface area contributed by atoms with Crippen LogP contribution in [0, 0.1) is 0 Å². The quantitative estimate of drug-likeness (QED) is 0.588. The van der Waals surface area contributed by atoms with E-state index in [4.69, 9.17) is 5.73 Å². The third-order valence-corrected chi connectivity index (χ3v) is 4.10. The molecule has 116 valence electrons. The molecular weight excluding hydrogens is 262 g/mol. The fourth-order valence-corrected chi connectivity index (χ4v) is 2.78. The van der Waals surface area contributed by atoms with E-state index in [9.17, 15) is 0 Å². The number of rotatable bonds is 7. The lowest BCUT2D eigenvalue weighted by Gasteiger charge is -2.22. The second-order valence-electron chi connectivity index (χ2n) is 5.68. The van der Waals surface area contributed by atoms with Crippen molar-refractivity contribution in [2.45, 2.75) is 38.1 Å². The summed E-state index contributed by atoms with van der Waals surface area (Å²) in [4.78, 5) is 11.1. The number of nitrogens with two attached hydrogens (primary N) is 1. The second-order valence-corrected chi connectivity index (χ2v) is 5.68. The lowest BCUT2D eigenvalue weighted by atomic mass is 10.2. The van der Waals surface area contributed by atoms with Gasteiger partial charge < -0.3 is 16.0 Å². The molecule has 0 atom stereocenters. The van der Waals surface area contributed by atoms with Gasteiger partial charge in [-0.3, -0.25) is 9.98 Å². The molecule has 21 heavy (non-hydrogen) atoms. The maximum atomic E-state index is 5.88. The van der Waals surface area contributed by atoms with Crippen molar-refractivity contribution in [3.8, 4) is 0 Å². The monoisotopic (exact) mass is 289 g/mol. The van der Waals surface area contributed by atoms with Gasteiger partial charge in [-0.2, -0.15) is 0 Å². The molecular formula is C16H27N5. The van der Waals surface area contributed by atoms with Gasteiger partial charge in [0.1, 0.15) is 0 Å². The standard InChI is InChI=1S/C16H27N5/c1-21(15-7-2-3-8-15)13-12-20-16(17)19-11-9-14-6-4-5-10-18-14/h4-6,10,15H,2-3,7-9,11-13H2,1H3,(H3,17,19,20). The Bertz CT molecular complexity index is 426. The number of guanidine groups is 1. The number of hydrogen-bond acceptors (Lipinski definition) is 3. The predicted octanol–water partition coefficient (Wildman–Crippen LogP) is 1.40. The van der Waals surface area contributed by atoms with Gasteiger partial charge in [0.05, 0.1) is 6.54 Å². The number of aromatic nitrogens is 1. The Balaban J connectivity index is 1.60. The molecule has 0 amide bonds. The topological polar surface area (TPSA) is 66.5 Å². The van der Waals surface area contributed by atoms with Gasteiger partial charge in [-0.25, -0.2) is 0 Å². The summed E-state index contributed by atoms with van der Waals surface area (Å²) in [5, 5.41) is 3.14. The van der Waals surface area contributed by atoms with Gasteiger partial charge in [-0.15, -0.1) is 0 Å². The van der Waals surface area contributed by atoms with Crippen molar-refractivity contribution < 1.29 is 0 Å². The van der Waals surface area contributed by atoms with Crippen LogP contribution >= 0.6 is 0 Å². The molecule has 0 spiro atoms. The molecule has 1 aromatic rings. The molecule has 1 saturated carbocycles. The van der Waals surface area contributed by atoms with E-state index in [1.54, 1.807) is 0 Å². The Morgan fingerprint density at radius 1 is 1.43 bits per heavy atom. The zero-order chi connectivity index (χ0) is 14.9. The maximum absolute atomic E-state index is 5.88. The van der Waals surface area contributed by atoms with Crippen molar-refractivity contribution in [2.75, 3.05) is 26.7 Å². The Morgan fingerprint density at radius 2 is 2.24 bits per heavy atom. The highest BCUT2D eigenvalue weighted by molar-refractivity contribution is 5.77. The summed E-state index contributed by atoms with van der Waals surface area (Å²) >= 11 is 0. The number of nitrogens with zero attached hydrogens (tertiary/aromatic N) is 3. The molecule has 5 heteroatoms. The number of aliphatic imine (C=N–C) groups is 1. The molecule has 2 rings (SSSR count). The van der Waals surface area contributed by atoms with Gasteiger partial charge in [-0.1, -0.05) is 18.9 Å². The molecule has 0 aliphatic heterocycles.